The molecule has 1 aromatic rings. The van der Waals surface area contributed by atoms with Crippen LogP contribution in [-0.2, 0) is 4.79 Å². The van der Waals surface area contributed by atoms with E-state index in [9.17, 15) is 9.18 Å². The second kappa shape index (κ2) is 7.73. The number of nitrogens with zero attached hydrogens (tertiary/aromatic N) is 1. The molecule has 4 heteroatoms. The molecule has 0 aliphatic carbocycles. The molecule has 1 aliphatic heterocycles. The highest BCUT2D eigenvalue weighted by Gasteiger charge is 2.25. The largest absolute Gasteiger partial charge is 0.354 e. The Morgan fingerprint density at radius 3 is 2.32 bits per heavy atom. The van der Waals surface area contributed by atoms with Crippen LogP contribution in [0.25, 0.3) is 0 Å². The van der Waals surface area contributed by atoms with Gasteiger partial charge in [0.2, 0.25) is 5.91 Å². The quantitative estimate of drug-likeness (QED) is 0.875. The van der Waals surface area contributed by atoms with Crippen LogP contribution >= 0.6 is 0 Å². The third-order valence-corrected chi connectivity index (χ3v) is 4.51. The van der Waals surface area contributed by atoms with Crippen molar-refractivity contribution in [2.45, 2.75) is 45.6 Å². The van der Waals surface area contributed by atoms with Crippen LogP contribution in [0.2, 0.25) is 0 Å². The first kappa shape index (κ1) is 16.9. The molecule has 0 radical (unpaired) electrons. The molecule has 0 saturated carbocycles. The number of amides is 1. The van der Waals surface area contributed by atoms with Gasteiger partial charge < -0.3 is 5.32 Å². The van der Waals surface area contributed by atoms with Crippen molar-refractivity contribution in [2.75, 3.05) is 19.6 Å². The lowest BCUT2D eigenvalue weighted by molar-refractivity contribution is -0.123. The van der Waals surface area contributed by atoms with Crippen LogP contribution < -0.4 is 5.32 Å². The highest BCUT2D eigenvalue weighted by Crippen LogP contribution is 2.25. The molecule has 2 rings (SSSR count). The number of benzene rings is 1. The summed E-state index contributed by atoms with van der Waals surface area (Å²) >= 11 is 0. The number of hydrogen-bond acceptors (Lipinski definition) is 2. The number of hydrogen-bond donors (Lipinski definition) is 1. The van der Waals surface area contributed by atoms with Crippen LogP contribution in [0.5, 0.6) is 0 Å². The Hall–Kier alpha value is -1.42. The van der Waals surface area contributed by atoms with Gasteiger partial charge in [-0.05, 0) is 56.5 Å². The smallest absolute Gasteiger partial charge is 0.227 e. The number of carbonyl (C=O) groups excluding carboxylic acids is 1. The molecule has 0 aromatic heterocycles. The van der Waals surface area contributed by atoms with E-state index in [0.29, 0.717) is 12.6 Å². The van der Waals surface area contributed by atoms with Gasteiger partial charge in [0.1, 0.15) is 5.82 Å². The van der Waals surface area contributed by atoms with Crippen LogP contribution in [0.4, 0.5) is 4.39 Å². The van der Waals surface area contributed by atoms with Gasteiger partial charge in [-0.15, -0.1) is 0 Å². The van der Waals surface area contributed by atoms with Gasteiger partial charge >= 0.3 is 0 Å². The summed E-state index contributed by atoms with van der Waals surface area (Å²) in [6, 6.07) is 6.63. The zero-order chi connectivity index (χ0) is 16.1. The predicted molar refractivity (Wildman–Crippen MR) is 87.3 cm³/mol. The lowest BCUT2D eigenvalue weighted by atomic mass is 9.87. The lowest BCUT2D eigenvalue weighted by Crippen LogP contribution is -2.42. The zero-order valence-electron chi connectivity index (χ0n) is 13.8. The Kier molecular flexibility index (Phi) is 5.95. The molecule has 1 amide bonds. The number of nitrogens with one attached hydrogen (secondary N) is 1. The van der Waals surface area contributed by atoms with E-state index < -0.39 is 0 Å². The van der Waals surface area contributed by atoms with Crippen LogP contribution in [0, 0.1) is 11.7 Å². The van der Waals surface area contributed by atoms with Gasteiger partial charge in [0.05, 0.1) is 5.92 Å². The second-order valence-electron chi connectivity index (χ2n) is 6.61. The first-order valence-electron chi connectivity index (χ1n) is 8.26. The molecule has 0 bridgehead atoms. The van der Waals surface area contributed by atoms with Crippen molar-refractivity contribution >= 4 is 5.91 Å². The summed E-state index contributed by atoms with van der Waals surface area (Å²) in [6.45, 7) is 9.14. The van der Waals surface area contributed by atoms with E-state index in [1.807, 2.05) is 13.8 Å². The molecule has 0 spiro atoms. The van der Waals surface area contributed by atoms with E-state index in [1.165, 1.54) is 25.0 Å². The number of halogens is 1. The normalized spacial score (nSPS) is 18.4. The topological polar surface area (TPSA) is 32.3 Å². The molecule has 1 aliphatic rings. The van der Waals surface area contributed by atoms with Crippen LogP contribution in [0.3, 0.4) is 0 Å². The van der Waals surface area contributed by atoms with Crippen molar-refractivity contribution in [3.8, 4) is 0 Å². The molecule has 2 unspecified atom stereocenters. The average Bonchev–Trinajstić information content (AvgIpc) is 3.01. The maximum atomic E-state index is 13.1. The third kappa shape index (κ3) is 4.29. The van der Waals surface area contributed by atoms with Gasteiger partial charge in [-0.3, -0.25) is 9.69 Å². The minimum absolute atomic E-state index is 0.0349. The highest BCUT2D eigenvalue weighted by atomic mass is 19.1. The molecule has 2 atom stereocenters. The van der Waals surface area contributed by atoms with Crippen molar-refractivity contribution in [3.63, 3.8) is 0 Å². The molecule has 1 saturated heterocycles. The van der Waals surface area contributed by atoms with Crippen molar-refractivity contribution in [1.29, 1.82) is 0 Å². The number of likely N-dealkylation sites (tertiary alicyclic amines) is 1. The summed E-state index contributed by atoms with van der Waals surface area (Å²) in [5, 5.41) is 3.08. The van der Waals surface area contributed by atoms with Gasteiger partial charge in [0.25, 0.3) is 0 Å². The van der Waals surface area contributed by atoms with Gasteiger partial charge in [-0.25, -0.2) is 4.39 Å². The van der Waals surface area contributed by atoms with Crippen molar-refractivity contribution in [3.05, 3.63) is 35.6 Å². The standard InChI is InChI=1S/C18H27FN2O/c1-13(2)17(15-6-8-16(19)9-7-15)18(22)20-12-14(3)21-10-4-5-11-21/h6-9,13-14,17H,4-5,10-12H2,1-3H3,(H,20,22). The minimum atomic E-state index is -0.269. The maximum Gasteiger partial charge on any atom is 0.227 e. The monoisotopic (exact) mass is 306 g/mol. The van der Waals surface area contributed by atoms with Crippen molar-refractivity contribution in [2.24, 2.45) is 5.92 Å². The molecular weight excluding hydrogens is 279 g/mol. The van der Waals surface area contributed by atoms with E-state index in [2.05, 4.69) is 17.1 Å². The lowest BCUT2D eigenvalue weighted by Gasteiger charge is -2.26. The maximum absolute atomic E-state index is 13.1. The molecule has 1 heterocycles. The number of rotatable bonds is 6. The molecule has 1 N–H and O–H groups in total. The Bertz CT molecular complexity index is 480. The van der Waals surface area contributed by atoms with Gasteiger partial charge in [0, 0.05) is 12.6 Å². The van der Waals surface area contributed by atoms with E-state index in [1.54, 1.807) is 12.1 Å². The highest BCUT2D eigenvalue weighted by molar-refractivity contribution is 5.83. The Morgan fingerprint density at radius 1 is 1.18 bits per heavy atom. The van der Waals surface area contributed by atoms with Gasteiger partial charge in [0.15, 0.2) is 0 Å². The van der Waals surface area contributed by atoms with E-state index >= 15 is 0 Å². The number of carbonyl (C=O) groups is 1. The zero-order valence-corrected chi connectivity index (χ0v) is 13.8. The van der Waals surface area contributed by atoms with E-state index in [-0.39, 0.29) is 23.6 Å². The minimum Gasteiger partial charge on any atom is -0.354 e. The predicted octanol–water partition coefficient (Wildman–Crippen LogP) is 3.17. The van der Waals surface area contributed by atoms with E-state index in [0.717, 1.165) is 18.7 Å². The fourth-order valence-electron chi connectivity index (χ4n) is 3.18. The third-order valence-electron chi connectivity index (χ3n) is 4.51. The van der Waals surface area contributed by atoms with E-state index in [4.69, 9.17) is 0 Å². The average molecular weight is 306 g/mol. The molecule has 22 heavy (non-hydrogen) atoms. The van der Waals surface area contributed by atoms with Gasteiger partial charge in [-0.1, -0.05) is 26.0 Å². The summed E-state index contributed by atoms with van der Waals surface area (Å²) in [7, 11) is 0. The summed E-state index contributed by atoms with van der Waals surface area (Å²) in [5.74, 6) is -0.291. The fraction of sp³-hybridized carbons (Fsp3) is 0.611. The van der Waals surface area contributed by atoms with Crippen LogP contribution in [0.1, 0.15) is 45.1 Å². The van der Waals surface area contributed by atoms with Crippen LogP contribution in [0.15, 0.2) is 24.3 Å². The van der Waals surface area contributed by atoms with Crippen molar-refractivity contribution in [1.82, 2.24) is 10.2 Å². The second-order valence-corrected chi connectivity index (χ2v) is 6.61. The molecule has 122 valence electrons. The van der Waals surface area contributed by atoms with Crippen LogP contribution in [-0.4, -0.2) is 36.5 Å². The summed E-state index contributed by atoms with van der Waals surface area (Å²) in [6.07, 6.45) is 2.50. The van der Waals surface area contributed by atoms with Crippen molar-refractivity contribution < 1.29 is 9.18 Å². The fourth-order valence-corrected chi connectivity index (χ4v) is 3.18. The summed E-state index contributed by atoms with van der Waals surface area (Å²) in [5.41, 5.74) is 0.878. The first-order valence-corrected chi connectivity index (χ1v) is 8.26. The first-order chi connectivity index (χ1) is 10.5. The van der Waals surface area contributed by atoms with Gasteiger partial charge in [-0.2, -0.15) is 0 Å². The summed E-state index contributed by atoms with van der Waals surface area (Å²) < 4.78 is 13.1. The molecule has 1 fully saturated rings. The molecular formula is C18H27FN2O. The Balaban J connectivity index is 1.96. The Labute approximate surface area is 132 Å². The SMILES string of the molecule is CC(C)C(C(=O)NCC(C)N1CCCC1)c1ccc(F)cc1. The summed E-state index contributed by atoms with van der Waals surface area (Å²) in [4.78, 5) is 15.0. The molecule has 1 aromatic carbocycles. The molecule has 3 nitrogen and oxygen atoms in total. The Morgan fingerprint density at radius 2 is 1.77 bits per heavy atom.